The number of aliphatic hydroxyl groups is 1. The standard InChI is InChI=1S/C29H21NO.2C7H7.Ti/c31-29(19-20-9-2-1-3-10-20)25-17-7-14-22-13-6-16-24(27(22)25)28(29)30-26-18-8-12-21-11-4-5-15-23(21)26;2*1-7-5-3-2-4-6-7;/h1-18,31H,19H2;2*2-6H,1H2;/q;2*-1;. The Morgan fingerprint density at radius 2 is 1.02 bits per heavy atom. The summed E-state index contributed by atoms with van der Waals surface area (Å²) in [5.41, 5.74) is 5.58. The van der Waals surface area contributed by atoms with Crippen LogP contribution in [0.3, 0.4) is 0 Å². The van der Waals surface area contributed by atoms with Crippen molar-refractivity contribution in [2.45, 2.75) is 12.0 Å². The molecule has 46 heavy (non-hydrogen) atoms. The van der Waals surface area contributed by atoms with E-state index in [9.17, 15) is 5.11 Å². The summed E-state index contributed by atoms with van der Waals surface area (Å²) in [7, 11) is 0. The van der Waals surface area contributed by atoms with E-state index in [4.69, 9.17) is 4.99 Å². The second kappa shape index (κ2) is 15.0. The number of nitrogens with zero attached hydrogens (tertiary/aromatic N) is 1. The van der Waals surface area contributed by atoms with Crippen LogP contribution in [-0.4, -0.2) is 10.8 Å². The quantitative estimate of drug-likeness (QED) is 0.153. The Bertz CT molecular complexity index is 2010. The predicted octanol–water partition coefficient (Wildman–Crippen LogP) is 10.3. The molecule has 2 nitrogen and oxygen atoms in total. The largest absolute Gasteiger partial charge is 0.378 e. The van der Waals surface area contributed by atoms with Crippen molar-refractivity contribution in [3.8, 4) is 0 Å². The van der Waals surface area contributed by atoms with Crippen LogP contribution in [0.2, 0.25) is 0 Å². The van der Waals surface area contributed by atoms with Crippen LogP contribution in [-0.2, 0) is 33.7 Å². The van der Waals surface area contributed by atoms with Crippen molar-refractivity contribution in [3.63, 3.8) is 0 Å². The second-order valence-corrected chi connectivity index (χ2v) is 11.2. The molecule has 7 aromatic rings. The van der Waals surface area contributed by atoms with E-state index in [0.29, 0.717) is 6.42 Å². The molecule has 1 atom stereocenters. The molecule has 0 fully saturated rings. The minimum Gasteiger partial charge on any atom is -0.378 e. The van der Waals surface area contributed by atoms with E-state index in [-0.39, 0.29) is 21.7 Å². The van der Waals surface area contributed by atoms with Crippen molar-refractivity contribution in [1.82, 2.24) is 0 Å². The van der Waals surface area contributed by atoms with Crippen LogP contribution in [0.15, 0.2) is 175 Å². The van der Waals surface area contributed by atoms with Crippen molar-refractivity contribution in [2.75, 3.05) is 0 Å². The summed E-state index contributed by atoms with van der Waals surface area (Å²) in [6.07, 6.45) is 0.477. The summed E-state index contributed by atoms with van der Waals surface area (Å²) < 4.78 is 0. The van der Waals surface area contributed by atoms with Crippen LogP contribution in [0.4, 0.5) is 5.69 Å². The fraction of sp³-hybridized carbons (Fsp3) is 0.0465. The maximum absolute atomic E-state index is 12.2. The van der Waals surface area contributed by atoms with E-state index in [1.54, 1.807) is 0 Å². The van der Waals surface area contributed by atoms with Gasteiger partial charge in [-0.2, -0.15) is 49.2 Å². The normalized spacial score (nSPS) is 15.3. The number of aliphatic imine (C=N–C) groups is 1. The molecular weight excluding hydrogens is 594 g/mol. The third-order valence-corrected chi connectivity index (χ3v) is 7.98. The Morgan fingerprint density at radius 3 is 1.63 bits per heavy atom. The van der Waals surface area contributed by atoms with Crippen molar-refractivity contribution >= 4 is 32.9 Å². The van der Waals surface area contributed by atoms with E-state index in [1.165, 1.54) is 0 Å². The molecule has 1 N–H and O–H groups in total. The van der Waals surface area contributed by atoms with Gasteiger partial charge < -0.3 is 5.11 Å². The Balaban J connectivity index is 0.000000230. The number of benzene rings is 7. The fourth-order valence-electron chi connectivity index (χ4n) is 5.84. The zero-order valence-electron chi connectivity index (χ0n) is 25.7. The molecule has 0 aromatic heterocycles. The molecular formula is C43H35NOTi-2. The first-order chi connectivity index (χ1) is 22.0. The van der Waals surface area contributed by atoms with Crippen molar-refractivity contribution in [2.24, 2.45) is 4.99 Å². The van der Waals surface area contributed by atoms with E-state index < -0.39 is 5.60 Å². The second-order valence-electron chi connectivity index (χ2n) is 11.2. The number of hydrogen-bond donors (Lipinski definition) is 1. The molecule has 0 heterocycles. The summed E-state index contributed by atoms with van der Waals surface area (Å²) in [5.74, 6) is 0. The summed E-state index contributed by atoms with van der Waals surface area (Å²) >= 11 is 0. The monoisotopic (exact) mass is 629 g/mol. The first-order valence-electron chi connectivity index (χ1n) is 15.1. The van der Waals surface area contributed by atoms with E-state index in [1.807, 2.05) is 121 Å². The minimum absolute atomic E-state index is 0. The van der Waals surface area contributed by atoms with E-state index in [2.05, 4.69) is 62.4 Å². The van der Waals surface area contributed by atoms with Gasteiger partial charge in [-0.25, -0.2) is 4.99 Å². The van der Waals surface area contributed by atoms with Crippen LogP contribution in [0.25, 0.3) is 21.5 Å². The van der Waals surface area contributed by atoms with Crippen LogP contribution in [0, 0.1) is 13.8 Å². The number of rotatable bonds is 3. The molecule has 0 spiro atoms. The number of fused-ring (bicyclic) bond motifs is 1. The number of hydrogen-bond acceptors (Lipinski definition) is 2. The van der Waals surface area contributed by atoms with Gasteiger partial charge in [-0.05, 0) is 33.4 Å². The molecule has 224 valence electrons. The van der Waals surface area contributed by atoms with Crippen LogP contribution in [0.5, 0.6) is 0 Å². The van der Waals surface area contributed by atoms with Gasteiger partial charge in [0.2, 0.25) is 0 Å². The van der Waals surface area contributed by atoms with Gasteiger partial charge in [0, 0.05) is 39.1 Å². The molecule has 0 saturated carbocycles. The zero-order chi connectivity index (χ0) is 31.1. The van der Waals surface area contributed by atoms with Crippen molar-refractivity contribution < 1.29 is 26.8 Å². The van der Waals surface area contributed by atoms with Crippen LogP contribution < -0.4 is 0 Å². The smallest absolute Gasteiger partial charge is 0.137 e. The molecule has 7 aromatic carbocycles. The first kappa shape index (κ1) is 32.5. The molecule has 1 aliphatic rings. The van der Waals surface area contributed by atoms with Gasteiger partial charge in [-0.3, -0.25) is 0 Å². The molecule has 1 unspecified atom stereocenters. The molecule has 8 rings (SSSR count). The Hall–Kier alpha value is -4.86. The van der Waals surface area contributed by atoms with Gasteiger partial charge in [0.15, 0.2) is 0 Å². The molecule has 0 bridgehead atoms. The van der Waals surface area contributed by atoms with Gasteiger partial charge in [-0.15, -0.1) is 24.3 Å². The van der Waals surface area contributed by atoms with Gasteiger partial charge in [0.25, 0.3) is 0 Å². The van der Waals surface area contributed by atoms with Crippen molar-refractivity contribution in [3.05, 3.63) is 212 Å². The molecule has 0 radical (unpaired) electrons. The maximum atomic E-state index is 12.2. The predicted molar refractivity (Wildman–Crippen MR) is 190 cm³/mol. The first-order valence-corrected chi connectivity index (χ1v) is 15.1. The average Bonchev–Trinajstić information content (AvgIpc) is 3.31. The molecule has 3 heteroatoms. The minimum atomic E-state index is -1.19. The summed E-state index contributed by atoms with van der Waals surface area (Å²) in [5, 5.41) is 16.7. The van der Waals surface area contributed by atoms with Gasteiger partial charge in [-0.1, -0.05) is 115 Å². The summed E-state index contributed by atoms with van der Waals surface area (Å²) in [6.45, 7) is 7.44. The van der Waals surface area contributed by atoms with Gasteiger partial charge >= 0.3 is 0 Å². The van der Waals surface area contributed by atoms with Crippen LogP contribution >= 0.6 is 0 Å². The Morgan fingerprint density at radius 1 is 0.522 bits per heavy atom. The SMILES string of the molecule is OC1(Cc2ccccc2)C(=Nc2cccc3ccccc23)c2cccc3cccc1c23.[CH2-]c1ccccc1.[CH2-]c1ccccc1.[Ti]. The third kappa shape index (κ3) is 7.17. The average molecular weight is 630 g/mol. The molecule has 0 amide bonds. The molecule has 0 aliphatic heterocycles. The Kier molecular flexibility index (Phi) is 10.6. The third-order valence-electron chi connectivity index (χ3n) is 7.98. The Labute approximate surface area is 287 Å². The van der Waals surface area contributed by atoms with Gasteiger partial charge in [0.05, 0.1) is 11.4 Å². The molecule has 1 aliphatic carbocycles. The van der Waals surface area contributed by atoms with Crippen LogP contribution in [0.1, 0.15) is 27.8 Å². The fourth-order valence-corrected chi connectivity index (χ4v) is 5.84. The summed E-state index contributed by atoms with van der Waals surface area (Å²) in [4.78, 5) is 5.14. The molecule has 0 saturated heterocycles. The van der Waals surface area contributed by atoms with E-state index >= 15 is 0 Å². The zero-order valence-corrected chi connectivity index (χ0v) is 27.2. The van der Waals surface area contributed by atoms with Gasteiger partial charge in [0.1, 0.15) is 5.60 Å². The topological polar surface area (TPSA) is 32.6 Å². The summed E-state index contributed by atoms with van der Waals surface area (Å²) in [6, 6.07) is 56.7. The maximum Gasteiger partial charge on any atom is 0.137 e. The van der Waals surface area contributed by atoms with E-state index in [0.717, 1.165) is 60.8 Å². The van der Waals surface area contributed by atoms with Crippen molar-refractivity contribution in [1.29, 1.82) is 0 Å².